The predicted molar refractivity (Wildman–Crippen MR) is 71.2 cm³/mol. The molecule has 0 aromatic carbocycles. The molecule has 1 heterocycles. The van der Waals surface area contributed by atoms with Crippen LogP contribution in [0.15, 0.2) is 24.5 Å². The second-order valence-corrected chi connectivity index (χ2v) is 4.67. The molecular weight excluding hydrogens is 218 g/mol. The van der Waals surface area contributed by atoms with Crippen molar-refractivity contribution >= 4 is 17.2 Å². The Labute approximate surface area is 103 Å². The number of aromatic nitrogens is 1. The molecule has 16 heavy (non-hydrogen) atoms. The molecule has 0 unspecified atom stereocenters. The van der Waals surface area contributed by atoms with Gasteiger partial charge < -0.3 is 5.73 Å². The number of hydrogen-bond acceptors (Lipinski definition) is 3. The topological polar surface area (TPSA) is 42.1 Å². The number of nitrogens with two attached hydrogens (primary N) is 1. The van der Waals surface area contributed by atoms with Gasteiger partial charge in [-0.25, -0.2) is 0 Å². The normalized spacial score (nSPS) is 11.0. The van der Waals surface area contributed by atoms with Crippen LogP contribution in [0.2, 0.25) is 0 Å². The van der Waals surface area contributed by atoms with E-state index in [-0.39, 0.29) is 0 Å². The van der Waals surface area contributed by atoms with Gasteiger partial charge in [0.1, 0.15) is 0 Å². The van der Waals surface area contributed by atoms with Crippen molar-refractivity contribution in [2.24, 2.45) is 5.73 Å². The summed E-state index contributed by atoms with van der Waals surface area (Å²) >= 11 is 4.90. The van der Waals surface area contributed by atoms with Crippen LogP contribution in [0.25, 0.3) is 0 Å². The Morgan fingerprint density at radius 1 is 1.56 bits per heavy atom. The van der Waals surface area contributed by atoms with E-state index in [2.05, 4.69) is 29.8 Å². The Morgan fingerprint density at radius 3 is 2.81 bits per heavy atom. The van der Waals surface area contributed by atoms with Gasteiger partial charge in [-0.15, -0.1) is 0 Å². The highest BCUT2D eigenvalue weighted by atomic mass is 32.1. The summed E-state index contributed by atoms with van der Waals surface area (Å²) in [6, 6.07) is 4.53. The van der Waals surface area contributed by atoms with Gasteiger partial charge in [-0.2, -0.15) is 0 Å². The Bertz CT molecular complexity index is 324. The van der Waals surface area contributed by atoms with Gasteiger partial charge >= 0.3 is 0 Å². The fourth-order valence-electron chi connectivity index (χ4n) is 1.50. The van der Waals surface area contributed by atoms with E-state index in [4.69, 9.17) is 18.0 Å². The Morgan fingerprint density at radius 2 is 2.31 bits per heavy atom. The van der Waals surface area contributed by atoms with Crippen molar-refractivity contribution in [3.8, 4) is 0 Å². The van der Waals surface area contributed by atoms with Gasteiger partial charge in [0.2, 0.25) is 0 Å². The summed E-state index contributed by atoms with van der Waals surface area (Å²) in [5.41, 5.74) is 6.75. The van der Waals surface area contributed by atoms with Gasteiger partial charge in [0.15, 0.2) is 0 Å². The number of nitrogens with zero attached hydrogens (tertiary/aromatic N) is 2. The van der Waals surface area contributed by atoms with Gasteiger partial charge in [0.25, 0.3) is 0 Å². The molecule has 4 heteroatoms. The third kappa shape index (κ3) is 4.68. The van der Waals surface area contributed by atoms with E-state index in [0.717, 1.165) is 19.5 Å². The molecule has 1 aromatic rings. The van der Waals surface area contributed by atoms with E-state index in [9.17, 15) is 0 Å². The zero-order valence-corrected chi connectivity index (χ0v) is 10.7. The van der Waals surface area contributed by atoms with Gasteiger partial charge in [0.05, 0.1) is 4.99 Å². The lowest BCUT2D eigenvalue weighted by Gasteiger charge is -2.26. The number of hydrogen-bond donors (Lipinski definition) is 1. The molecule has 2 N–H and O–H groups in total. The van der Waals surface area contributed by atoms with E-state index >= 15 is 0 Å². The molecule has 0 fully saturated rings. The van der Waals surface area contributed by atoms with Crippen LogP contribution >= 0.6 is 12.2 Å². The van der Waals surface area contributed by atoms with E-state index < -0.39 is 0 Å². The zero-order valence-electron chi connectivity index (χ0n) is 9.89. The van der Waals surface area contributed by atoms with Crippen molar-refractivity contribution in [3.05, 3.63) is 30.1 Å². The number of thiocarbonyl (C=S) groups is 1. The second-order valence-electron chi connectivity index (χ2n) is 4.14. The van der Waals surface area contributed by atoms with Crippen LogP contribution in [-0.2, 0) is 6.54 Å². The minimum atomic E-state index is 0.481. The molecule has 1 rings (SSSR count). The monoisotopic (exact) mass is 237 g/mol. The Kier molecular flexibility index (Phi) is 5.35. The van der Waals surface area contributed by atoms with Crippen molar-refractivity contribution in [1.82, 2.24) is 9.88 Å². The first-order valence-electron chi connectivity index (χ1n) is 5.51. The molecule has 0 aliphatic carbocycles. The van der Waals surface area contributed by atoms with Crippen molar-refractivity contribution < 1.29 is 0 Å². The average molecular weight is 237 g/mol. The fraction of sp³-hybridized carbons (Fsp3) is 0.500. The number of pyridine rings is 1. The van der Waals surface area contributed by atoms with Gasteiger partial charge in [-0.3, -0.25) is 9.88 Å². The standard InChI is InChI=1S/C12H19N3S/c1-10(2)15(7-5-12(13)16)9-11-4-3-6-14-8-11/h3-4,6,8,10H,5,7,9H2,1-2H3,(H2,13,16). The summed E-state index contributed by atoms with van der Waals surface area (Å²) in [6.07, 6.45) is 4.46. The van der Waals surface area contributed by atoms with Crippen LogP contribution < -0.4 is 5.73 Å². The summed E-state index contributed by atoms with van der Waals surface area (Å²) in [5.74, 6) is 0. The molecule has 1 aromatic heterocycles. The summed E-state index contributed by atoms with van der Waals surface area (Å²) in [6.45, 7) is 6.15. The molecule has 0 atom stereocenters. The van der Waals surface area contributed by atoms with Crippen LogP contribution in [0.3, 0.4) is 0 Å². The number of rotatable bonds is 6. The first-order chi connectivity index (χ1) is 7.59. The molecule has 0 saturated heterocycles. The van der Waals surface area contributed by atoms with Crippen LogP contribution in [0.1, 0.15) is 25.8 Å². The van der Waals surface area contributed by atoms with Gasteiger partial charge in [-0.1, -0.05) is 18.3 Å². The van der Waals surface area contributed by atoms with Gasteiger partial charge in [-0.05, 0) is 25.5 Å². The van der Waals surface area contributed by atoms with Crippen LogP contribution in [-0.4, -0.2) is 27.5 Å². The van der Waals surface area contributed by atoms with Crippen LogP contribution in [0.5, 0.6) is 0 Å². The molecule has 0 spiro atoms. The lowest BCUT2D eigenvalue weighted by molar-refractivity contribution is 0.219. The highest BCUT2D eigenvalue weighted by molar-refractivity contribution is 7.80. The second kappa shape index (κ2) is 6.55. The maximum atomic E-state index is 5.53. The van der Waals surface area contributed by atoms with Crippen LogP contribution in [0, 0.1) is 0 Å². The molecular formula is C12H19N3S. The van der Waals surface area contributed by atoms with Crippen molar-refractivity contribution in [1.29, 1.82) is 0 Å². The van der Waals surface area contributed by atoms with Crippen molar-refractivity contribution in [3.63, 3.8) is 0 Å². The fourth-order valence-corrected chi connectivity index (χ4v) is 1.59. The van der Waals surface area contributed by atoms with E-state index in [0.29, 0.717) is 11.0 Å². The maximum absolute atomic E-state index is 5.53. The lowest BCUT2D eigenvalue weighted by Crippen LogP contribution is -2.33. The Balaban J connectivity index is 2.54. The molecule has 0 aliphatic heterocycles. The molecule has 0 aliphatic rings. The quantitative estimate of drug-likeness (QED) is 0.768. The molecule has 0 radical (unpaired) electrons. The maximum Gasteiger partial charge on any atom is 0.0740 e. The zero-order chi connectivity index (χ0) is 12.0. The minimum absolute atomic E-state index is 0.481. The summed E-state index contributed by atoms with van der Waals surface area (Å²) < 4.78 is 0. The molecule has 0 saturated carbocycles. The molecule has 88 valence electrons. The third-order valence-corrected chi connectivity index (χ3v) is 2.69. The summed E-state index contributed by atoms with van der Waals surface area (Å²) in [4.78, 5) is 7.04. The Hall–Kier alpha value is -1.00. The first-order valence-corrected chi connectivity index (χ1v) is 5.91. The minimum Gasteiger partial charge on any atom is -0.393 e. The van der Waals surface area contributed by atoms with Crippen molar-refractivity contribution in [2.75, 3.05) is 6.54 Å². The van der Waals surface area contributed by atoms with E-state index in [1.54, 1.807) is 6.20 Å². The smallest absolute Gasteiger partial charge is 0.0740 e. The molecule has 0 amide bonds. The SMILES string of the molecule is CC(C)N(CCC(N)=S)Cc1cccnc1. The highest BCUT2D eigenvalue weighted by Crippen LogP contribution is 2.07. The lowest BCUT2D eigenvalue weighted by atomic mass is 10.2. The molecule has 3 nitrogen and oxygen atoms in total. The van der Waals surface area contributed by atoms with Gasteiger partial charge in [0, 0.05) is 37.9 Å². The van der Waals surface area contributed by atoms with Crippen molar-refractivity contribution in [2.45, 2.75) is 32.9 Å². The summed E-state index contributed by atoms with van der Waals surface area (Å²) in [7, 11) is 0. The van der Waals surface area contributed by atoms with E-state index in [1.165, 1.54) is 5.56 Å². The van der Waals surface area contributed by atoms with E-state index in [1.807, 2.05) is 12.3 Å². The largest absolute Gasteiger partial charge is 0.393 e. The highest BCUT2D eigenvalue weighted by Gasteiger charge is 2.10. The third-order valence-electron chi connectivity index (χ3n) is 2.48. The average Bonchev–Trinajstić information content (AvgIpc) is 2.25. The predicted octanol–water partition coefficient (Wildman–Crippen LogP) is 1.97. The first kappa shape index (κ1) is 13.1. The van der Waals surface area contributed by atoms with Crippen LogP contribution in [0.4, 0.5) is 0 Å². The summed E-state index contributed by atoms with van der Waals surface area (Å²) in [5, 5.41) is 0. The molecule has 0 bridgehead atoms.